The minimum atomic E-state index is -0.365. The molecule has 20 heavy (non-hydrogen) atoms. The Morgan fingerprint density at radius 1 is 1.40 bits per heavy atom. The molecule has 0 saturated carbocycles. The lowest BCUT2D eigenvalue weighted by atomic mass is 10.1. The van der Waals surface area contributed by atoms with E-state index in [0.29, 0.717) is 25.1 Å². The first kappa shape index (κ1) is 12.7. The van der Waals surface area contributed by atoms with Gasteiger partial charge in [-0.1, -0.05) is 13.0 Å². The van der Waals surface area contributed by atoms with Crippen LogP contribution < -0.4 is 5.32 Å². The summed E-state index contributed by atoms with van der Waals surface area (Å²) in [5, 5.41) is 3.88. The predicted molar refractivity (Wildman–Crippen MR) is 76.4 cm³/mol. The minimum Gasteiger partial charge on any atom is -0.361 e. The first-order chi connectivity index (χ1) is 9.70. The lowest BCUT2D eigenvalue weighted by Crippen LogP contribution is -2.56. The molecular formula is C15H17N3O2. The molecule has 1 aliphatic rings. The summed E-state index contributed by atoms with van der Waals surface area (Å²) >= 11 is 0. The Labute approximate surface area is 117 Å². The van der Waals surface area contributed by atoms with Crippen molar-refractivity contribution >= 4 is 22.7 Å². The van der Waals surface area contributed by atoms with Gasteiger partial charge >= 0.3 is 0 Å². The predicted octanol–water partition coefficient (Wildman–Crippen LogP) is 1.52. The quantitative estimate of drug-likeness (QED) is 0.869. The second-order valence-electron chi connectivity index (χ2n) is 4.99. The molecule has 1 aliphatic heterocycles. The fourth-order valence-corrected chi connectivity index (χ4v) is 2.71. The third kappa shape index (κ3) is 2.05. The number of rotatable bonds is 2. The molecule has 1 aromatic heterocycles. The van der Waals surface area contributed by atoms with Gasteiger partial charge in [0.15, 0.2) is 0 Å². The summed E-state index contributed by atoms with van der Waals surface area (Å²) in [7, 11) is 0. The van der Waals surface area contributed by atoms with Crippen molar-refractivity contribution in [2.24, 2.45) is 0 Å². The van der Waals surface area contributed by atoms with E-state index < -0.39 is 0 Å². The summed E-state index contributed by atoms with van der Waals surface area (Å²) in [4.78, 5) is 29.2. The Hall–Kier alpha value is -2.30. The van der Waals surface area contributed by atoms with Crippen molar-refractivity contribution in [1.82, 2.24) is 15.2 Å². The number of benzene rings is 1. The van der Waals surface area contributed by atoms with Crippen LogP contribution in [-0.2, 0) is 4.79 Å². The van der Waals surface area contributed by atoms with Crippen molar-refractivity contribution in [1.29, 1.82) is 0 Å². The Balaban J connectivity index is 1.92. The van der Waals surface area contributed by atoms with E-state index in [4.69, 9.17) is 0 Å². The zero-order chi connectivity index (χ0) is 14.1. The lowest BCUT2D eigenvalue weighted by molar-refractivity contribution is -0.127. The number of piperazine rings is 1. The van der Waals surface area contributed by atoms with Gasteiger partial charge < -0.3 is 15.2 Å². The van der Waals surface area contributed by atoms with E-state index in [9.17, 15) is 9.59 Å². The fourth-order valence-electron chi connectivity index (χ4n) is 2.71. The number of amides is 2. The van der Waals surface area contributed by atoms with Crippen LogP contribution in [0.3, 0.4) is 0 Å². The summed E-state index contributed by atoms with van der Waals surface area (Å²) in [5.74, 6) is -0.142. The minimum absolute atomic E-state index is 0.0620. The number of carbonyl (C=O) groups is 2. The molecule has 5 nitrogen and oxygen atoms in total. The Morgan fingerprint density at radius 2 is 2.25 bits per heavy atom. The molecule has 1 fully saturated rings. The SMILES string of the molecule is CCC1C(=O)NCCN1C(=O)c1ccc2cc[nH]c2c1. The maximum Gasteiger partial charge on any atom is 0.254 e. The van der Waals surface area contributed by atoms with Crippen LogP contribution in [0.25, 0.3) is 10.9 Å². The largest absolute Gasteiger partial charge is 0.361 e. The summed E-state index contributed by atoms with van der Waals surface area (Å²) in [5.41, 5.74) is 1.55. The van der Waals surface area contributed by atoms with E-state index in [0.717, 1.165) is 10.9 Å². The van der Waals surface area contributed by atoms with Crippen LogP contribution in [0.4, 0.5) is 0 Å². The van der Waals surface area contributed by atoms with Crippen molar-refractivity contribution in [3.05, 3.63) is 36.0 Å². The van der Waals surface area contributed by atoms with Gasteiger partial charge in [0.1, 0.15) is 6.04 Å². The van der Waals surface area contributed by atoms with Crippen LogP contribution in [0.15, 0.2) is 30.5 Å². The van der Waals surface area contributed by atoms with Crippen molar-refractivity contribution in [2.75, 3.05) is 13.1 Å². The number of fused-ring (bicyclic) bond motifs is 1. The van der Waals surface area contributed by atoms with E-state index in [-0.39, 0.29) is 17.9 Å². The molecule has 5 heteroatoms. The van der Waals surface area contributed by atoms with E-state index >= 15 is 0 Å². The zero-order valence-corrected chi connectivity index (χ0v) is 11.3. The van der Waals surface area contributed by atoms with Gasteiger partial charge in [-0.05, 0) is 30.0 Å². The molecular weight excluding hydrogens is 254 g/mol. The summed E-state index contributed by atoms with van der Waals surface area (Å²) in [6, 6.07) is 7.18. The van der Waals surface area contributed by atoms with Gasteiger partial charge in [-0.25, -0.2) is 0 Å². The first-order valence-corrected chi connectivity index (χ1v) is 6.86. The standard InChI is InChI=1S/C15H17N3O2/c1-2-13-14(19)17-7-8-18(13)15(20)11-4-3-10-5-6-16-12(10)9-11/h3-6,9,13,16H,2,7-8H2,1H3,(H,17,19). The Morgan fingerprint density at radius 3 is 3.05 bits per heavy atom. The lowest BCUT2D eigenvalue weighted by Gasteiger charge is -2.34. The van der Waals surface area contributed by atoms with Gasteiger partial charge in [0.25, 0.3) is 5.91 Å². The number of aromatic nitrogens is 1. The number of hydrogen-bond donors (Lipinski definition) is 2. The molecule has 0 spiro atoms. The normalized spacial score (nSPS) is 19.1. The highest BCUT2D eigenvalue weighted by molar-refractivity contribution is 6.00. The molecule has 2 N–H and O–H groups in total. The van der Waals surface area contributed by atoms with Crippen LogP contribution in [0.5, 0.6) is 0 Å². The van der Waals surface area contributed by atoms with E-state index in [1.165, 1.54) is 0 Å². The maximum atomic E-state index is 12.6. The van der Waals surface area contributed by atoms with Crippen LogP contribution in [0, 0.1) is 0 Å². The van der Waals surface area contributed by atoms with Crippen LogP contribution in [0.2, 0.25) is 0 Å². The summed E-state index contributed by atoms with van der Waals surface area (Å²) in [6.07, 6.45) is 2.48. The van der Waals surface area contributed by atoms with Crippen molar-refractivity contribution in [3.8, 4) is 0 Å². The fraction of sp³-hybridized carbons (Fsp3) is 0.333. The monoisotopic (exact) mass is 271 g/mol. The second kappa shape index (κ2) is 5.00. The second-order valence-corrected chi connectivity index (χ2v) is 4.99. The van der Waals surface area contributed by atoms with E-state index in [1.54, 1.807) is 4.90 Å². The highest BCUT2D eigenvalue weighted by atomic mass is 16.2. The van der Waals surface area contributed by atoms with Gasteiger partial charge in [-0.2, -0.15) is 0 Å². The van der Waals surface area contributed by atoms with Crippen LogP contribution in [-0.4, -0.2) is 40.8 Å². The molecule has 2 amide bonds. The molecule has 1 unspecified atom stereocenters. The number of aromatic amines is 1. The van der Waals surface area contributed by atoms with Gasteiger partial charge in [-0.3, -0.25) is 9.59 Å². The highest BCUT2D eigenvalue weighted by Gasteiger charge is 2.32. The number of carbonyl (C=O) groups excluding carboxylic acids is 2. The van der Waals surface area contributed by atoms with Gasteiger partial charge in [0.05, 0.1) is 0 Å². The molecule has 3 rings (SSSR count). The van der Waals surface area contributed by atoms with Crippen LogP contribution in [0.1, 0.15) is 23.7 Å². The van der Waals surface area contributed by atoms with Crippen molar-refractivity contribution in [3.63, 3.8) is 0 Å². The molecule has 2 heterocycles. The zero-order valence-electron chi connectivity index (χ0n) is 11.3. The van der Waals surface area contributed by atoms with Gasteiger partial charge in [-0.15, -0.1) is 0 Å². The number of nitrogens with one attached hydrogen (secondary N) is 2. The molecule has 2 aromatic rings. The number of nitrogens with zero attached hydrogens (tertiary/aromatic N) is 1. The first-order valence-electron chi connectivity index (χ1n) is 6.86. The van der Waals surface area contributed by atoms with Crippen LogP contribution >= 0.6 is 0 Å². The third-order valence-electron chi connectivity index (χ3n) is 3.78. The number of H-pyrrole nitrogens is 1. The smallest absolute Gasteiger partial charge is 0.254 e. The summed E-state index contributed by atoms with van der Waals surface area (Å²) in [6.45, 7) is 3.00. The molecule has 1 aromatic carbocycles. The highest BCUT2D eigenvalue weighted by Crippen LogP contribution is 2.18. The Kier molecular flexibility index (Phi) is 3.18. The molecule has 104 valence electrons. The third-order valence-corrected chi connectivity index (χ3v) is 3.78. The summed E-state index contributed by atoms with van der Waals surface area (Å²) < 4.78 is 0. The van der Waals surface area contributed by atoms with Crippen molar-refractivity contribution < 1.29 is 9.59 Å². The average molecular weight is 271 g/mol. The molecule has 1 atom stereocenters. The molecule has 0 bridgehead atoms. The average Bonchev–Trinajstić information content (AvgIpc) is 2.93. The van der Waals surface area contributed by atoms with Crippen molar-refractivity contribution in [2.45, 2.75) is 19.4 Å². The van der Waals surface area contributed by atoms with E-state index in [1.807, 2.05) is 37.4 Å². The topological polar surface area (TPSA) is 65.2 Å². The number of hydrogen-bond acceptors (Lipinski definition) is 2. The Bertz CT molecular complexity index is 662. The molecule has 0 radical (unpaired) electrons. The maximum absolute atomic E-state index is 12.6. The van der Waals surface area contributed by atoms with E-state index in [2.05, 4.69) is 10.3 Å². The molecule has 1 saturated heterocycles. The van der Waals surface area contributed by atoms with Gasteiger partial charge in [0, 0.05) is 30.4 Å². The van der Waals surface area contributed by atoms with Gasteiger partial charge in [0.2, 0.25) is 5.91 Å². The molecule has 0 aliphatic carbocycles.